The Labute approximate surface area is 203 Å². The van der Waals surface area contributed by atoms with Crippen LogP contribution >= 0.6 is 0 Å². The predicted molar refractivity (Wildman–Crippen MR) is 140 cm³/mol. The number of likely N-dealkylation sites (N-methyl/N-ethyl adjacent to an activating group) is 1. The van der Waals surface area contributed by atoms with Crippen molar-refractivity contribution in [2.45, 2.75) is 66.1 Å². The molecule has 0 saturated carbocycles. The topological polar surface area (TPSA) is 69.9 Å². The second-order valence-corrected chi connectivity index (χ2v) is 10.5. The van der Waals surface area contributed by atoms with E-state index in [9.17, 15) is 10.2 Å². The van der Waals surface area contributed by atoms with Gasteiger partial charge < -0.3 is 29.7 Å². The molecule has 1 aliphatic rings. The average Bonchev–Trinajstić information content (AvgIpc) is 3.10. The van der Waals surface area contributed by atoms with E-state index >= 15 is 0 Å². The van der Waals surface area contributed by atoms with Gasteiger partial charge in [-0.1, -0.05) is 29.8 Å². The number of rotatable bonds is 7. The van der Waals surface area contributed by atoms with Gasteiger partial charge in [0, 0.05) is 37.3 Å². The maximum atomic E-state index is 10.6. The molecule has 3 N–H and O–H groups in total. The largest absolute Gasteiger partial charge is 0.367 e. The van der Waals surface area contributed by atoms with Crippen molar-refractivity contribution in [3.05, 3.63) is 52.7 Å². The van der Waals surface area contributed by atoms with Crippen molar-refractivity contribution in [2.24, 2.45) is 0 Å². The van der Waals surface area contributed by atoms with E-state index in [4.69, 9.17) is 4.74 Å². The van der Waals surface area contributed by atoms with Gasteiger partial charge >= 0.3 is 0 Å². The van der Waals surface area contributed by atoms with Gasteiger partial charge in [-0.15, -0.1) is 0 Å². The van der Waals surface area contributed by atoms with E-state index in [-0.39, 0.29) is 0 Å². The Morgan fingerprint density at radius 1 is 1.06 bits per heavy atom. The van der Waals surface area contributed by atoms with E-state index in [2.05, 4.69) is 65.9 Å². The number of ether oxygens (including phenoxy) is 1. The van der Waals surface area contributed by atoms with Gasteiger partial charge in [0.1, 0.15) is 6.10 Å². The number of aliphatic hydroxyl groups is 2. The number of nitrogens with one attached hydrogen (secondary N) is 1. The molecular weight excluding hydrogens is 426 g/mol. The van der Waals surface area contributed by atoms with Gasteiger partial charge in [-0.3, -0.25) is 0 Å². The fourth-order valence-corrected chi connectivity index (χ4v) is 5.28. The lowest BCUT2D eigenvalue weighted by atomic mass is 9.86. The summed E-state index contributed by atoms with van der Waals surface area (Å²) >= 11 is 0. The number of hydrogen-bond donors (Lipinski definition) is 3. The van der Waals surface area contributed by atoms with Gasteiger partial charge in [0.15, 0.2) is 6.29 Å². The summed E-state index contributed by atoms with van der Waals surface area (Å²) in [5.74, 6) is 0. The zero-order valence-corrected chi connectivity index (χ0v) is 21.6. The maximum Gasteiger partial charge on any atom is 0.182 e. The van der Waals surface area contributed by atoms with E-state index in [1.807, 2.05) is 27.8 Å². The minimum absolute atomic E-state index is 0.550. The Morgan fingerprint density at radius 2 is 1.74 bits per heavy atom. The Bertz CT molecular complexity index is 1170. The van der Waals surface area contributed by atoms with Crippen LogP contribution in [0.15, 0.2) is 30.3 Å². The molecule has 0 saturated heterocycles. The summed E-state index contributed by atoms with van der Waals surface area (Å²) in [6.45, 7) is 15.8. The van der Waals surface area contributed by atoms with Crippen LogP contribution in [0.2, 0.25) is 0 Å². The first-order valence-corrected chi connectivity index (χ1v) is 12.2. The molecule has 2 heterocycles. The lowest BCUT2D eigenvalue weighted by Gasteiger charge is -2.37. The summed E-state index contributed by atoms with van der Waals surface area (Å²) in [6, 6.07) is 10.7. The summed E-state index contributed by atoms with van der Waals surface area (Å²) in [5, 5.41) is 25.6. The van der Waals surface area contributed by atoms with E-state index in [1.54, 1.807) is 0 Å². The lowest BCUT2D eigenvalue weighted by molar-refractivity contribution is -0.185. The molecule has 34 heavy (non-hydrogen) atoms. The molecule has 1 unspecified atom stereocenters. The number of nitrogens with zero attached hydrogens (tertiary/aromatic N) is 2. The standard InChI is InChI=1S/C28H39N3O3/c1-17-8-10-20(11-9-17)23-21-16-18(2)31-15-14-30(13-12-29-7)24(25(21)31)19(3)22(23)26(27(32)33)34-28(4,5)6/h8-11,16,26-27,29,32-33H,12-15H2,1-7H3. The second kappa shape index (κ2) is 9.34. The Hall–Kier alpha value is -2.38. The van der Waals surface area contributed by atoms with Crippen molar-refractivity contribution in [3.8, 4) is 11.1 Å². The molecule has 3 aromatic rings. The zero-order valence-electron chi connectivity index (χ0n) is 21.6. The third-order valence-corrected chi connectivity index (χ3v) is 6.74. The number of hydrogen-bond acceptors (Lipinski definition) is 5. The first-order chi connectivity index (χ1) is 16.0. The lowest BCUT2D eigenvalue weighted by Crippen LogP contribution is -2.38. The summed E-state index contributed by atoms with van der Waals surface area (Å²) < 4.78 is 8.74. The summed E-state index contributed by atoms with van der Waals surface area (Å²) in [5.41, 5.74) is 8.21. The van der Waals surface area contributed by atoms with Gasteiger partial charge in [0.05, 0.1) is 16.8 Å². The highest BCUT2D eigenvalue weighted by molar-refractivity contribution is 6.06. The van der Waals surface area contributed by atoms with Crippen molar-refractivity contribution in [3.63, 3.8) is 0 Å². The van der Waals surface area contributed by atoms with Crippen LogP contribution in [0, 0.1) is 20.8 Å². The normalized spacial score (nSPS) is 14.9. The van der Waals surface area contributed by atoms with Gasteiger partial charge in [0.25, 0.3) is 0 Å². The Morgan fingerprint density at radius 3 is 2.32 bits per heavy atom. The molecule has 4 rings (SSSR count). The van der Waals surface area contributed by atoms with Gasteiger partial charge in [-0.25, -0.2) is 0 Å². The highest BCUT2D eigenvalue weighted by Crippen LogP contribution is 2.48. The molecule has 6 heteroatoms. The van der Waals surface area contributed by atoms with Crippen molar-refractivity contribution in [2.75, 3.05) is 31.6 Å². The molecule has 0 aliphatic carbocycles. The Balaban J connectivity index is 2.10. The molecule has 0 spiro atoms. The fourth-order valence-electron chi connectivity index (χ4n) is 5.28. The van der Waals surface area contributed by atoms with Crippen LogP contribution in [-0.2, 0) is 11.3 Å². The van der Waals surface area contributed by atoms with Gasteiger partial charge in [-0.05, 0) is 76.9 Å². The van der Waals surface area contributed by atoms with Crippen LogP contribution in [0.4, 0.5) is 5.69 Å². The minimum atomic E-state index is -1.65. The van der Waals surface area contributed by atoms with Gasteiger partial charge in [0.2, 0.25) is 0 Å². The monoisotopic (exact) mass is 465 g/mol. The average molecular weight is 466 g/mol. The molecule has 0 fully saturated rings. The third-order valence-electron chi connectivity index (χ3n) is 6.74. The van der Waals surface area contributed by atoms with E-state index < -0.39 is 18.0 Å². The molecule has 0 amide bonds. The smallest absolute Gasteiger partial charge is 0.182 e. The minimum Gasteiger partial charge on any atom is -0.367 e. The third kappa shape index (κ3) is 4.48. The van der Waals surface area contributed by atoms with E-state index in [1.165, 1.54) is 22.5 Å². The second-order valence-electron chi connectivity index (χ2n) is 10.5. The summed E-state index contributed by atoms with van der Waals surface area (Å²) in [4.78, 5) is 2.42. The number of anilines is 1. The highest BCUT2D eigenvalue weighted by atomic mass is 16.6. The molecule has 184 valence electrons. The Kier molecular flexibility index (Phi) is 6.80. The molecule has 1 aliphatic heterocycles. The predicted octanol–water partition coefficient (Wildman–Crippen LogP) is 4.44. The molecule has 0 bridgehead atoms. The number of aryl methyl sites for hydroxylation is 2. The van der Waals surface area contributed by atoms with Crippen molar-refractivity contribution < 1.29 is 14.9 Å². The number of aliphatic hydroxyl groups excluding tert-OH is 1. The van der Waals surface area contributed by atoms with Crippen LogP contribution in [0.1, 0.15) is 49.3 Å². The summed E-state index contributed by atoms with van der Waals surface area (Å²) in [7, 11) is 1.97. The molecule has 2 aromatic carbocycles. The highest BCUT2D eigenvalue weighted by Gasteiger charge is 2.35. The van der Waals surface area contributed by atoms with Crippen molar-refractivity contribution >= 4 is 16.6 Å². The molecule has 0 radical (unpaired) electrons. The van der Waals surface area contributed by atoms with Crippen LogP contribution in [0.3, 0.4) is 0 Å². The molecular formula is C28H39N3O3. The molecule has 1 atom stereocenters. The van der Waals surface area contributed by atoms with Gasteiger partial charge in [-0.2, -0.15) is 0 Å². The fraction of sp³-hybridized carbons (Fsp3) is 0.500. The van der Waals surface area contributed by atoms with Crippen LogP contribution < -0.4 is 10.2 Å². The zero-order chi connectivity index (χ0) is 24.8. The van der Waals surface area contributed by atoms with Crippen molar-refractivity contribution in [1.82, 2.24) is 9.88 Å². The van der Waals surface area contributed by atoms with E-state index in [0.29, 0.717) is 0 Å². The SMILES string of the molecule is CNCCN1CCn2c(C)cc3c(-c4ccc(C)cc4)c(C(OC(C)(C)C)C(O)O)c(C)c1c32. The van der Waals surface area contributed by atoms with Crippen molar-refractivity contribution in [1.29, 1.82) is 0 Å². The van der Waals surface area contributed by atoms with Crippen LogP contribution in [0.5, 0.6) is 0 Å². The first-order valence-electron chi connectivity index (χ1n) is 12.2. The van der Waals surface area contributed by atoms with Crippen LogP contribution in [-0.4, -0.2) is 53.4 Å². The summed E-state index contributed by atoms with van der Waals surface area (Å²) in [6.07, 6.45) is -2.53. The van der Waals surface area contributed by atoms with Crippen LogP contribution in [0.25, 0.3) is 22.0 Å². The number of benzene rings is 2. The van der Waals surface area contributed by atoms with E-state index in [0.717, 1.165) is 53.8 Å². The maximum absolute atomic E-state index is 10.6. The quantitative estimate of drug-likeness (QED) is 0.450. The molecule has 6 nitrogen and oxygen atoms in total. The number of aromatic nitrogens is 1. The molecule has 1 aromatic heterocycles. The first kappa shape index (κ1) is 24.7.